The van der Waals surface area contributed by atoms with Gasteiger partial charge in [-0.1, -0.05) is 6.92 Å². The molecule has 6 heteroatoms. The molecule has 0 amide bonds. The highest BCUT2D eigenvalue weighted by molar-refractivity contribution is 5.56. The Hall–Kier alpha value is -1.69. The van der Waals surface area contributed by atoms with Gasteiger partial charge in [-0.3, -0.25) is 10.1 Å². The molecular formula is C10H15N3O3. The van der Waals surface area contributed by atoms with Crippen molar-refractivity contribution in [2.45, 2.75) is 26.4 Å². The molecule has 0 bridgehead atoms. The van der Waals surface area contributed by atoms with Gasteiger partial charge in [0.05, 0.1) is 11.0 Å². The number of nitro groups is 1. The zero-order valence-corrected chi connectivity index (χ0v) is 9.30. The van der Waals surface area contributed by atoms with Crippen molar-refractivity contribution in [3.63, 3.8) is 0 Å². The molecule has 1 atom stereocenters. The Morgan fingerprint density at radius 3 is 2.94 bits per heavy atom. The second-order valence-electron chi connectivity index (χ2n) is 3.58. The first-order valence-electron chi connectivity index (χ1n) is 5.07. The van der Waals surface area contributed by atoms with E-state index in [1.807, 2.05) is 6.92 Å². The van der Waals surface area contributed by atoms with Gasteiger partial charge in [0.15, 0.2) is 0 Å². The molecule has 1 unspecified atom stereocenters. The first-order chi connectivity index (χ1) is 7.54. The molecule has 1 aromatic heterocycles. The van der Waals surface area contributed by atoms with Gasteiger partial charge < -0.3 is 10.4 Å². The van der Waals surface area contributed by atoms with Gasteiger partial charge in [-0.15, -0.1) is 0 Å². The lowest BCUT2D eigenvalue weighted by Gasteiger charge is -2.10. The molecular weight excluding hydrogens is 210 g/mol. The number of nitrogens with one attached hydrogen (secondary N) is 1. The van der Waals surface area contributed by atoms with Gasteiger partial charge in [-0.2, -0.15) is 0 Å². The second-order valence-corrected chi connectivity index (χ2v) is 3.58. The average Bonchev–Trinajstić information content (AvgIpc) is 2.26. The largest absolute Gasteiger partial charge is 0.391 e. The number of aromatic nitrogens is 1. The van der Waals surface area contributed by atoms with Crippen LogP contribution >= 0.6 is 0 Å². The number of anilines is 1. The van der Waals surface area contributed by atoms with E-state index < -0.39 is 11.0 Å². The molecule has 1 heterocycles. The molecule has 0 aliphatic heterocycles. The lowest BCUT2D eigenvalue weighted by atomic mass is 10.2. The molecule has 6 nitrogen and oxygen atoms in total. The minimum Gasteiger partial charge on any atom is -0.391 e. The Kier molecular flexibility index (Phi) is 4.19. The van der Waals surface area contributed by atoms with Crippen molar-refractivity contribution in [3.8, 4) is 0 Å². The first-order valence-corrected chi connectivity index (χ1v) is 5.07. The Morgan fingerprint density at radius 1 is 1.69 bits per heavy atom. The van der Waals surface area contributed by atoms with Gasteiger partial charge in [0.25, 0.3) is 0 Å². The monoisotopic (exact) mass is 225 g/mol. The number of aliphatic hydroxyl groups excluding tert-OH is 1. The molecule has 1 aromatic rings. The predicted octanol–water partition coefficient (Wildman–Crippen LogP) is 1.48. The van der Waals surface area contributed by atoms with Crippen LogP contribution in [0.3, 0.4) is 0 Å². The summed E-state index contributed by atoms with van der Waals surface area (Å²) in [7, 11) is 0. The summed E-state index contributed by atoms with van der Waals surface area (Å²) in [6.07, 6.45) is 1.61. The van der Waals surface area contributed by atoms with Crippen LogP contribution < -0.4 is 5.32 Å². The number of pyridine rings is 1. The standard InChI is InChI=1S/C10H15N3O3/c1-3-8(14)6-12-10-9(13(15)16)4-7(2)5-11-10/h4-5,8,14H,3,6H2,1-2H3,(H,11,12). The van der Waals surface area contributed by atoms with E-state index in [0.717, 1.165) is 5.56 Å². The minimum atomic E-state index is -0.525. The number of nitrogens with zero attached hydrogens (tertiary/aromatic N) is 2. The fourth-order valence-corrected chi connectivity index (χ4v) is 1.19. The van der Waals surface area contributed by atoms with E-state index in [2.05, 4.69) is 10.3 Å². The Balaban J connectivity index is 2.82. The van der Waals surface area contributed by atoms with Crippen LogP contribution in [-0.4, -0.2) is 27.7 Å². The maximum atomic E-state index is 10.8. The van der Waals surface area contributed by atoms with Gasteiger partial charge in [0, 0.05) is 18.8 Å². The van der Waals surface area contributed by atoms with Crippen LogP contribution in [0, 0.1) is 17.0 Å². The number of aryl methyl sites for hydroxylation is 1. The summed E-state index contributed by atoms with van der Waals surface area (Å²) in [5.41, 5.74) is 0.664. The van der Waals surface area contributed by atoms with E-state index in [0.29, 0.717) is 6.42 Å². The molecule has 0 saturated heterocycles. The average molecular weight is 225 g/mol. The fourth-order valence-electron chi connectivity index (χ4n) is 1.19. The van der Waals surface area contributed by atoms with Crippen molar-refractivity contribution >= 4 is 11.5 Å². The molecule has 2 N–H and O–H groups in total. The summed E-state index contributed by atoms with van der Waals surface area (Å²) in [6.45, 7) is 3.83. The molecule has 0 aromatic carbocycles. The quantitative estimate of drug-likeness (QED) is 0.585. The maximum Gasteiger partial charge on any atom is 0.311 e. The molecule has 0 aliphatic carbocycles. The summed E-state index contributed by atoms with van der Waals surface area (Å²) >= 11 is 0. The van der Waals surface area contributed by atoms with Crippen LogP contribution in [0.5, 0.6) is 0 Å². The van der Waals surface area contributed by atoms with Crippen molar-refractivity contribution < 1.29 is 10.0 Å². The van der Waals surface area contributed by atoms with Crippen LogP contribution in [0.4, 0.5) is 11.5 Å². The molecule has 0 aliphatic rings. The van der Waals surface area contributed by atoms with Crippen LogP contribution in [-0.2, 0) is 0 Å². The highest BCUT2D eigenvalue weighted by Crippen LogP contribution is 2.22. The lowest BCUT2D eigenvalue weighted by molar-refractivity contribution is -0.384. The number of aliphatic hydroxyl groups is 1. The molecule has 0 radical (unpaired) electrons. The number of hydrogen-bond acceptors (Lipinski definition) is 5. The van der Waals surface area contributed by atoms with E-state index in [1.54, 1.807) is 13.1 Å². The van der Waals surface area contributed by atoms with Crippen LogP contribution in [0.2, 0.25) is 0 Å². The summed E-state index contributed by atoms with van der Waals surface area (Å²) in [6, 6.07) is 1.45. The van der Waals surface area contributed by atoms with E-state index >= 15 is 0 Å². The van der Waals surface area contributed by atoms with Crippen molar-refractivity contribution in [2.75, 3.05) is 11.9 Å². The molecule has 0 spiro atoms. The van der Waals surface area contributed by atoms with Gasteiger partial charge in [0.1, 0.15) is 0 Å². The van der Waals surface area contributed by atoms with Gasteiger partial charge in [-0.05, 0) is 18.9 Å². The number of rotatable bonds is 5. The molecule has 16 heavy (non-hydrogen) atoms. The van der Waals surface area contributed by atoms with Crippen LogP contribution in [0.1, 0.15) is 18.9 Å². The third-order valence-corrected chi connectivity index (χ3v) is 2.18. The lowest BCUT2D eigenvalue weighted by Crippen LogP contribution is -2.19. The van der Waals surface area contributed by atoms with Crippen molar-refractivity contribution in [3.05, 3.63) is 27.9 Å². The van der Waals surface area contributed by atoms with Crippen molar-refractivity contribution in [1.82, 2.24) is 4.98 Å². The third kappa shape index (κ3) is 3.16. The molecule has 1 rings (SSSR count). The van der Waals surface area contributed by atoms with E-state index in [-0.39, 0.29) is 18.1 Å². The molecule has 88 valence electrons. The van der Waals surface area contributed by atoms with E-state index in [1.165, 1.54) is 6.07 Å². The van der Waals surface area contributed by atoms with Crippen molar-refractivity contribution in [2.24, 2.45) is 0 Å². The normalized spacial score (nSPS) is 12.2. The zero-order chi connectivity index (χ0) is 12.1. The van der Waals surface area contributed by atoms with Crippen molar-refractivity contribution in [1.29, 1.82) is 0 Å². The summed E-state index contributed by atoms with van der Waals surface area (Å²) < 4.78 is 0. The van der Waals surface area contributed by atoms with Crippen LogP contribution in [0.25, 0.3) is 0 Å². The Morgan fingerprint density at radius 2 is 2.38 bits per heavy atom. The third-order valence-electron chi connectivity index (χ3n) is 2.18. The van der Waals surface area contributed by atoms with E-state index in [4.69, 9.17) is 0 Å². The Bertz CT molecular complexity index is 382. The summed E-state index contributed by atoms with van der Waals surface area (Å²) in [5, 5.41) is 22.9. The second kappa shape index (κ2) is 5.41. The van der Waals surface area contributed by atoms with Gasteiger partial charge in [0.2, 0.25) is 5.82 Å². The summed E-state index contributed by atoms with van der Waals surface area (Å²) in [4.78, 5) is 14.2. The zero-order valence-electron chi connectivity index (χ0n) is 9.30. The number of hydrogen-bond donors (Lipinski definition) is 2. The maximum absolute atomic E-state index is 10.8. The molecule has 0 fully saturated rings. The highest BCUT2D eigenvalue weighted by atomic mass is 16.6. The van der Waals surface area contributed by atoms with Gasteiger partial charge in [-0.25, -0.2) is 4.98 Å². The smallest absolute Gasteiger partial charge is 0.311 e. The Labute approximate surface area is 93.5 Å². The topological polar surface area (TPSA) is 88.3 Å². The fraction of sp³-hybridized carbons (Fsp3) is 0.500. The predicted molar refractivity (Wildman–Crippen MR) is 60.4 cm³/mol. The SMILES string of the molecule is CCC(O)CNc1ncc(C)cc1[N+](=O)[O-]. The first kappa shape index (κ1) is 12.4. The van der Waals surface area contributed by atoms with Crippen LogP contribution in [0.15, 0.2) is 12.3 Å². The van der Waals surface area contributed by atoms with Gasteiger partial charge >= 0.3 is 5.69 Å². The summed E-state index contributed by atoms with van der Waals surface area (Å²) in [5.74, 6) is 0.197. The minimum absolute atomic E-state index is 0.0664. The van der Waals surface area contributed by atoms with E-state index in [9.17, 15) is 15.2 Å². The molecule has 0 saturated carbocycles. The highest BCUT2D eigenvalue weighted by Gasteiger charge is 2.15.